The third-order valence-corrected chi connectivity index (χ3v) is 11.2. The number of unbranched alkanes of at least 4 members (excludes halogenated alkanes) is 1. The summed E-state index contributed by atoms with van der Waals surface area (Å²) in [4.78, 5) is 0. The van der Waals surface area contributed by atoms with Crippen molar-refractivity contribution in [3.8, 4) is 11.3 Å². The monoisotopic (exact) mass is 440 g/mol. The quantitative estimate of drug-likeness (QED) is 0.412. The lowest BCUT2D eigenvalue weighted by Crippen LogP contribution is -2.56. The largest absolute Gasteiger partial charge is 0.213 e. The maximum atomic E-state index is 2.82. The Morgan fingerprint density at radius 1 is 0.848 bits per heavy atom. The van der Waals surface area contributed by atoms with E-state index < -0.39 is 0 Å². The number of fused-ring (bicyclic) bond motifs is 13. The van der Waals surface area contributed by atoms with E-state index in [1.165, 1.54) is 77.0 Å². The molecule has 0 saturated heterocycles. The molecule has 174 valence electrons. The fourth-order valence-corrected chi connectivity index (χ4v) is 9.20. The lowest BCUT2D eigenvalue weighted by Gasteiger charge is -2.29. The van der Waals surface area contributed by atoms with Crippen molar-refractivity contribution in [2.24, 2.45) is 5.92 Å². The van der Waals surface area contributed by atoms with Crippen molar-refractivity contribution >= 4 is 0 Å². The molecule has 0 amide bonds. The number of nitrogens with zero attached hydrogens (tertiary/aromatic N) is 1. The van der Waals surface area contributed by atoms with Crippen LogP contribution in [0.25, 0.3) is 11.3 Å². The van der Waals surface area contributed by atoms with Gasteiger partial charge in [-0.25, -0.2) is 0 Å². The topological polar surface area (TPSA) is 3.88 Å². The number of hydrogen-bond donors (Lipinski definition) is 0. The highest BCUT2D eigenvalue weighted by molar-refractivity contribution is 5.67. The number of hydrogen-bond acceptors (Lipinski definition) is 0. The maximum absolute atomic E-state index is 2.82. The summed E-state index contributed by atoms with van der Waals surface area (Å²) in [5.41, 5.74) is 12.0. The van der Waals surface area contributed by atoms with Gasteiger partial charge in [-0.1, -0.05) is 39.7 Å². The minimum absolute atomic E-state index is 0.274. The summed E-state index contributed by atoms with van der Waals surface area (Å²) < 4.78 is 2.82. The first kappa shape index (κ1) is 20.7. The van der Waals surface area contributed by atoms with Gasteiger partial charge in [0.05, 0.1) is 0 Å². The Morgan fingerprint density at radius 3 is 2.39 bits per heavy atom. The van der Waals surface area contributed by atoms with Crippen molar-refractivity contribution in [2.75, 3.05) is 0 Å². The molecular formula is C32H42N+. The van der Waals surface area contributed by atoms with Gasteiger partial charge in [0.2, 0.25) is 5.69 Å². The van der Waals surface area contributed by atoms with Crippen molar-refractivity contribution in [3.05, 3.63) is 52.2 Å². The number of aromatic nitrogens is 1. The zero-order valence-electron chi connectivity index (χ0n) is 21.1. The lowest BCUT2D eigenvalue weighted by molar-refractivity contribution is -0.757. The van der Waals surface area contributed by atoms with Crippen LogP contribution in [0.2, 0.25) is 0 Å². The van der Waals surface area contributed by atoms with Crippen molar-refractivity contribution in [3.63, 3.8) is 0 Å². The molecule has 1 aliphatic heterocycles. The molecule has 4 aliphatic carbocycles. The molecule has 1 aromatic heterocycles. The fourth-order valence-electron chi connectivity index (χ4n) is 9.20. The molecular weight excluding hydrogens is 398 g/mol. The highest BCUT2D eigenvalue weighted by atomic mass is 15.1. The van der Waals surface area contributed by atoms with Crippen LogP contribution in [0.4, 0.5) is 0 Å². The molecule has 2 fully saturated rings. The second-order valence-electron chi connectivity index (χ2n) is 12.4. The summed E-state index contributed by atoms with van der Waals surface area (Å²) in [6, 6.07) is 8.10. The Hall–Kier alpha value is -1.63. The minimum Gasteiger partial charge on any atom is -0.193 e. The maximum Gasteiger partial charge on any atom is 0.213 e. The van der Waals surface area contributed by atoms with E-state index in [9.17, 15) is 0 Å². The summed E-state index contributed by atoms with van der Waals surface area (Å²) in [5.74, 6) is 4.31. The van der Waals surface area contributed by atoms with E-state index in [2.05, 4.69) is 49.7 Å². The standard InChI is InChI=1S/C32H42N/c1-4-7-8-20-14-24-16-26(20)29-18-31-28-17-27-22-10-9-21(13-22)25(27)15-23(28)11-12-32(5-2,6-3)33(31)19-30(24)29/h15,17-22,24,26H,4-14,16H2,1-3H3/q+1. The van der Waals surface area contributed by atoms with Crippen LogP contribution in [0.1, 0.15) is 143 Å². The molecule has 2 heterocycles. The summed E-state index contributed by atoms with van der Waals surface area (Å²) >= 11 is 0. The fraction of sp³-hybridized carbons (Fsp3) is 0.656. The van der Waals surface area contributed by atoms with Crippen LogP contribution in [0.5, 0.6) is 0 Å². The minimum atomic E-state index is 0.274. The summed E-state index contributed by atoms with van der Waals surface area (Å²) in [6.07, 6.45) is 19.1. The molecule has 7 rings (SSSR count). The Kier molecular flexibility index (Phi) is 4.67. The molecule has 0 radical (unpaired) electrons. The number of rotatable bonds is 5. The second-order valence-corrected chi connectivity index (χ2v) is 12.4. The van der Waals surface area contributed by atoms with Gasteiger partial charge in [0.25, 0.3) is 0 Å². The van der Waals surface area contributed by atoms with Crippen LogP contribution in [-0.2, 0) is 12.0 Å². The molecule has 0 N–H and O–H groups in total. The zero-order chi connectivity index (χ0) is 22.3. The first-order valence-corrected chi connectivity index (χ1v) is 14.4. The number of aryl methyl sites for hydroxylation is 1. The van der Waals surface area contributed by atoms with Crippen LogP contribution in [0.3, 0.4) is 0 Å². The van der Waals surface area contributed by atoms with Gasteiger partial charge in [0.1, 0.15) is 0 Å². The molecule has 33 heavy (non-hydrogen) atoms. The number of pyridine rings is 1. The van der Waals surface area contributed by atoms with Crippen molar-refractivity contribution in [1.29, 1.82) is 0 Å². The molecule has 5 atom stereocenters. The van der Waals surface area contributed by atoms with Gasteiger partial charge < -0.3 is 0 Å². The summed E-state index contributed by atoms with van der Waals surface area (Å²) in [5, 5.41) is 0. The van der Waals surface area contributed by atoms with E-state index in [0.29, 0.717) is 0 Å². The lowest BCUT2D eigenvalue weighted by atomic mass is 9.80. The van der Waals surface area contributed by atoms with Gasteiger partial charge in [-0.15, -0.1) is 0 Å². The van der Waals surface area contributed by atoms with Crippen LogP contribution in [-0.4, -0.2) is 0 Å². The molecule has 2 saturated carbocycles. The number of benzene rings is 1. The highest BCUT2D eigenvalue weighted by Crippen LogP contribution is 2.59. The first-order chi connectivity index (χ1) is 16.2. The van der Waals surface area contributed by atoms with Crippen molar-refractivity contribution < 1.29 is 4.57 Å². The van der Waals surface area contributed by atoms with Gasteiger partial charge in [0, 0.05) is 36.5 Å². The van der Waals surface area contributed by atoms with E-state index in [1.807, 2.05) is 0 Å². The van der Waals surface area contributed by atoms with Crippen LogP contribution < -0.4 is 4.57 Å². The molecule has 4 bridgehead atoms. The van der Waals surface area contributed by atoms with Crippen LogP contribution in [0.15, 0.2) is 24.4 Å². The first-order valence-electron chi connectivity index (χ1n) is 14.4. The van der Waals surface area contributed by atoms with E-state index in [4.69, 9.17) is 0 Å². The molecule has 5 unspecified atom stereocenters. The summed E-state index contributed by atoms with van der Waals surface area (Å²) in [6.45, 7) is 7.24. The molecule has 5 aliphatic rings. The Labute approximate surface area is 201 Å². The average Bonchev–Trinajstić information content (AvgIpc) is 3.62. The smallest absolute Gasteiger partial charge is 0.193 e. The van der Waals surface area contributed by atoms with Crippen molar-refractivity contribution in [2.45, 2.75) is 127 Å². The van der Waals surface area contributed by atoms with Gasteiger partial charge in [-0.2, -0.15) is 4.57 Å². The Morgan fingerprint density at radius 2 is 1.64 bits per heavy atom. The van der Waals surface area contributed by atoms with Crippen LogP contribution in [0, 0.1) is 5.92 Å². The highest BCUT2D eigenvalue weighted by Gasteiger charge is 2.49. The average molecular weight is 441 g/mol. The third kappa shape index (κ3) is 2.80. The molecule has 2 aromatic rings. The van der Waals surface area contributed by atoms with E-state index in [0.717, 1.165) is 29.6 Å². The van der Waals surface area contributed by atoms with E-state index in [-0.39, 0.29) is 5.54 Å². The molecule has 1 aromatic carbocycles. The normalized spacial score (nSPS) is 31.8. The van der Waals surface area contributed by atoms with Gasteiger partial charge >= 0.3 is 0 Å². The summed E-state index contributed by atoms with van der Waals surface area (Å²) in [7, 11) is 0. The predicted octanol–water partition coefficient (Wildman–Crippen LogP) is 8.25. The van der Waals surface area contributed by atoms with Crippen molar-refractivity contribution in [1.82, 2.24) is 0 Å². The Bertz CT molecular complexity index is 1110. The molecule has 1 nitrogen and oxygen atoms in total. The Balaban J connectivity index is 1.41. The second kappa shape index (κ2) is 7.43. The molecule has 1 heteroatoms. The van der Waals surface area contributed by atoms with E-state index >= 15 is 0 Å². The van der Waals surface area contributed by atoms with Crippen LogP contribution >= 0.6 is 0 Å². The van der Waals surface area contributed by atoms with Gasteiger partial charge in [-0.05, 0) is 103 Å². The SMILES string of the molecule is CCCCC1CC2CC1c1cc3[n+](cc12)C(CC)(CC)CCc1cc2c(cc1-3)C1CCC2C1. The zero-order valence-corrected chi connectivity index (χ0v) is 21.1. The third-order valence-electron chi connectivity index (χ3n) is 11.2. The van der Waals surface area contributed by atoms with Gasteiger partial charge in [-0.3, -0.25) is 0 Å². The van der Waals surface area contributed by atoms with Gasteiger partial charge in [0.15, 0.2) is 11.7 Å². The predicted molar refractivity (Wildman–Crippen MR) is 136 cm³/mol. The molecule has 0 spiro atoms. The van der Waals surface area contributed by atoms with E-state index in [1.54, 1.807) is 39.1 Å².